The molecule has 1 aromatic heterocycles. The summed E-state index contributed by atoms with van der Waals surface area (Å²) in [6.07, 6.45) is 3.34. The van der Waals surface area contributed by atoms with Crippen LogP contribution >= 0.6 is 0 Å². The minimum Gasteiger partial charge on any atom is -0.490 e. The first-order valence-electron chi connectivity index (χ1n) is 9.07. The number of rotatable bonds is 10. The Morgan fingerprint density at radius 2 is 2.00 bits per heavy atom. The van der Waals surface area contributed by atoms with Gasteiger partial charge in [0.1, 0.15) is 6.26 Å². The van der Waals surface area contributed by atoms with Gasteiger partial charge in [-0.15, -0.1) is 0 Å². The van der Waals surface area contributed by atoms with Crippen LogP contribution in [-0.4, -0.2) is 30.8 Å². The van der Waals surface area contributed by atoms with Crippen molar-refractivity contribution in [1.29, 1.82) is 0 Å². The van der Waals surface area contributed by atoms with E-state index >= 15 is 0 Å². The second kappa shape index (κ2) is 9.85. The molecule has 0 fully saturated rings. The van der Waals surface area contributed by atoms with Crippen molar-refractivity contribution in [3.8, 4) is 23.0 Å². The number of aromatic nitrogens is 1. The van der Waals surface area contributed by atoms with E-state index in [9.17, 15) is 4.79 Å². The monoisotopic (exact) mass is 361 g/mol. The number of carbonyl (C=O) groups is 1. The first-order chi connectivity index (χ1) is 12.5. The summed E-state index contributed by atoms with van der Waals surface area (Å²) >= 11 is 0. The summed E-state index contributed by atoms with van der Waals surface area (Å²) in [6.45, 7) is 9.54. The second-order valence-corrected chi connectivity index (χ2v) is 6.33. The summed E-state index contributed by atoms with van der Waals surface area (Å²) in [7, 11) is 0. The third-order valence-corrected chi connectivity index (χ3v) is 3.51. The maximum Gasteiger partial charge on any atom is 0.360 e. The largest absolute Gasteiger partial charge is 0.490 e. The lowest BCUT2D eigenvalue weighted by Crippen LogP contribution is -2.07. The quantitative estimate of drug-likeness (QED) is 0.450. The molecule has 0 radical (unpaired) electrons. The zero-order valence-corrected chi connectivity index (χ0v) is 15.9. The average molecular weight is 361 g/mol. The Kier molecular flexibility index (Phi) is 7.51. The molecule has 6 heteroatoms. The smallest absolute Gasteiger partial charge is 0.360 e. The number of ether oxygens (including phenoxy) is 3. The molecular weight excluding hydrogens is 334 g/mol. The van der Waals surface area contributed by atoms with Gasteiger partial charge >= 0.3 is 5.97 Å². The Hall–Kier alpha value is -2.50. The van der Waals surface area contributed by atoms with Gasteiger partial charge in [0.25, 0.3) is 0 Å². The number of hydrogen-bond donors (Lipinski definition) is 0. The molecule has 1 heterocycles. The number of oxazole rings is 1. The van der Waals surface area contributed by atoms with Crippen LogP contribution in [0.4, 0.5) is 0 Å². The van der Waals surface area contributed by atoms with E-state index in [1.165, 1.54) is 6.26 Å². The van der Waals surface area contributed by atoms with Gasteiger partial charge in [-0.05, 0) is 37.5 Å². The fourth-order valence-corrected chi connectivity index (χ4v) is 2.16. The number of carbonyl (C=O) groups excluding carboxylic acids is 1. The molecule has 0 aliphatic heterocycles. The molecule has 0 saturated carbocycles. The van der Waals surface area contributed by atoms with Crippen LogP contribution in [0.1, 0.15) is 51.0 Å². The zero-order valence-electron chi connectivity index (χ0n) is 15.9. The Morgan fingerprint density at radius 3 is 2.69 bits per heavy atom. The third-order valence-electron chi connectivity index (χ3n) is 3.51. The summed E-state index contributed by atoms with van der Waals surface area (Å²) in [5.74, 6) is 1.56. The maximum atomic E-state index is 11.7. The number of esters is 1. The summed E-state index contributed by atoms with van der Waals surface area (Å²) < 4.78 is 22.1. The fourth-order valence-electron chi connectivity index (χ4n) is 2.16. The van der Waals surface area contributed by atoms with E-state index < -0.39 is 5.97 Å². The van der Waals surface area contributed by atoms with Crippen LogP contribution in [0.15, 0.2) is 28.9 Å². The van der Waals surface area contributed by atoms with E-state index in [0.29, 0.717) is 42.1 Å². The van der Waals surface area contributed by atoms with Crippen molar-refractivity contribution >= 4 is 5.97 Å². The lowest BCUT2D eigenvalue weighted by atomic mass is 10.2. The van der Waals surface area contributed by atoms with Gasteiger partial charge in [-0.3, -0.25) is 0 Å². The van der Waals surface area contributed by atoms with Gasteiger partial charge in [0, 0.05) is 5.56 Å². The van der Waals surface area contributed by atoms with Gasteiger partial charge in [0.15, 0.2) is 17.2 Å². The molecule has 0 aliphatic rings. The number of unbranched alkanes of at least 4 members (excludes halogenated alkanes) is 1. The first-order valence-corrected chi connectivity index (χ1v) is 9.07. The SMILES string of the molecule is CCCCOc1ccc(-c2nc(C(=O)OCC)co2)cc1OCC(C)C. The summed E-state index contributed by atoms with van der Waals surface area (Å²) in [6, 6.07) is 5.50. The average Bonchev–Trinajstić information content (AvgIpc) is 3.11. The minimum absolute atomic E-state index is 0.148. The Bertz CT molecular complexity index is 708. The number of hydrogen-bond acceptors (Lipinski definition) is 6. The predicted octanol–water partition coefficient (Wildman–Crippen LogP) is 4.73. The highest BCUT2D eigenvalue weighted by atomic mass is 16.5. The van der Waals surface area contributed by atoms with Crippen LogP contribution in [0.3, 0.4) is 0 Å². The zero-order chi connectivity index (χ0) is 18.9. The highest BCUT2D eigenvalue weighted by molar-refractivity contribution is 5.87. The Morgan fingerprint density at radius 1 is 1.19 bits per heavy atom. The summed E-state index contributed by atoms with van der Waals surface area (Å²) in [5, 5.41) is 0. The van der Waals surface area contributed by atoms with Crippen molar-refractivity contribution < 1.29 is 23.4 Å². The molecule has 0 N–H and O–H groups in total. The van der Waals surface area contributed by atoms with Crippen LogP contribution in [0, 0.1) is 5.92 Å². The highest BCUT2D eigenvalue weighted by Crippen LogP contribution is 2.33. The van der Waals surface area contributed by atoms with Gasteiger partial charge in [-0.2, -0.15) is 0 Å². The number of nitrogens with zero attached hydrogens (tertiary/aromatic N) is 1. The van der Waals surface area contributed by atoms with E-state index in [2.05, 4.69) is 25.8 Å². The van der Waals surface area contributed by atoms with Crippen LogP contribution < -0.4 is 9.47 Å². The van der Waals surface area contributed by atoms with Crippen molar-refractivity contribution in [2.45, 2.75) is 40.5 Å². The maximum absolute atomic E-state index is 11.7. The molecule has 0 atom stereocenters. The van der Waals surface area contributed by atoms with E-state index in [-0.39, 0.29) is 12.3 Å². The molecular formula is C20H27NO5. The molecule has 0 bridgehead atoms. The lowest BCUT2D eigenvalue weighted by Gasteiger charge is -2.14. The number of benzene rings is 1. The second-order valence-electron chi connectivity index (χ2n) is 6.33. The van der Waals surface area contributed by atoms with Gasteiger partial charge in [0.2, 0.25) is 5.89 Å². The van der Waals surface area contributed by atoms with Gasteiger partial charge < -0.3 is 18.6 Å². The standard InChI is InChI=1S/C20H27NO5/c1-5-7-10-24-17-9-8-15(11-18(17)25-12-14(3)4)19-21-16(13-26-19)20(22)23-6-2/h8-9,11,13-14H,5-7,10,12H2,1-4H3. The van der Waals surface area contributed by atoms with Crippen molar-refractivity contribution in [3.63, 3.8) is 0 Å². The molecule has 0 saturated heterocycles. The van der Waals surface area contributed by atoms with Crippen molar-refractivity contribution in [1.82, 2.24) is 4.98 Å². The first kappa shape index (κ1) is 19.8. The van der Waals surface area contributed by atoms with Gasteiger partial charge in [-0.1, -0.05) is 27.2 Å². The van der Waals surface area contributed by atoms with Gasteiger partial charge in [-0.25, -0.2) is 9.78 Å². The fraction of sp³-hybridized carbons (Fsp3) is 0.500. The van der Waals surface area contributed by atoms with E-state index in [0.717, 1.165) is 12.8 Å². The van der Waals surface area contributed by atoms with E-state index in [4.69, 9.17) is 18.6 Å². The van der Waals surface area contributed by atoms with Crippen LogP contribution in [0.5, 0.6) is 11.5 Å². The summed E-state index contributed by atoms with van der Waals surface area (Å²) in [5.41, 5.74) is 0.858. The van der Waals surface area contributed by atoms with Gasteiger partial charge in [0.05, 0.1) is 19.8 Å². The molecule has 0 unspecified atom stereocenters. The lowest BCUT2D eigenvalue weighted by molar-refractivity contribution is 0.0519. The van der Waals surface area contributed by atoms with Crippen molar-refractivity contribution in [2.24, 2.45) is 5.92 Å². The third kappa shape index (κ3) is 5.51. The van der Waals surface area contributed by atoms with Crippen molar-refractivity contribution in [3.05, 3.63) is 30.2 Å². The molecule has 6 nitrogen and oxygen atoms in total. The van der Waals surface area contributed by atoms with Crippen molar-refractivity contribution in [2.75, 3.05) is 19.8 Å². The molecule has 0 amide bonds. The van der Waals surface area contributed by atoms with Crippen LogP contribution in [-0.2, 0) is 4.74 Å². The Balaban J connectivity index is 2.23. The normalized spacial score (nSPS) is 10.8. The Labute approximate surface area is 154 Å². The molecule has 0 spiro atoms. The topological polar surface area (TPSA) is 70.8 Å². The molecule has 1 aromatic carbocycles. The predicted molar refractivity (Wildman–Crippen MR) is 98.6 cm³/mol. The summed E-state index contributed by atoms with van der Waals surface area (Å²) in [4.78, 5) is 15.9. The van der Waals surface area contributed by atoms with Crippen LogP contribution in [0.2, 0.25) is 0 Å². The van der Waals surface area contributed by atoms with E-state index in [1.54, 1.807) is 6.92 Å². The van der Waals surface area contributed by atoms with E-state index in [1.807, 2.05) is 18.2 Å². The molecule has 26 heavy (non-hydrogen) atoms. The van der Waals surface area contributed by atoms with Crippen LogP contribution in [0.25, 0.3) is 11.5 Å². The molecule has 142 valence electrons. The highest BCUT2D eigenvalue weighted by Gasteiger charge is 2.16. The molecule has 0 aliphatic carbocycles. The molecule has 2 rings (SSSR count). The molecule has 2 aromatic rings. The minimum atomic E-state index is -0.502.